The first-order chi connectivity index (χ1) is 16.2. The molecule has 0 bridgehead atoms. The number of hydrogen-bond donors (Lipinski definition) is 1. The molecule has 2 aromatic carbocycles. The molecule has 1 saturated heterocycles. The van der Waals surface area contributed by atoms with Crippen LogP contribution in [0.5, 0.6) is 5.75 Å². The lowest BCUT2D eigenvalue weighted by atomic mass is 10.1. The molecule has 10 heteroatoms. The number of benzene rings is 2. The van der Waals surface area contributed by atoms with Gasteiger partial charge in [0, 0.05) is 19.6 Å². The van der Waals surface area contributed by atoms with Crippen molar-refractivity contribution in [3.05, 3.63) is 59.9 Å². The lowest BCUT2D eigenvalue weighted by Gasteiger charge is -2.27. The Morgan fingerprint density at radius 1 is 1.18 bits per heavy atom. The number of carbonyl (C=O) groups excluding carboxylic acids is 1. The highest BCUT2D eigenvalue weighted by atomic mass is 32.2. The summed E-state index contributed by atoms with van der Waals surface area (Å²) in [7, 11) is 1.63. The Labute approximate surface area is 196 Å². The number of amides is 1. The van der Waals surface area contributed by atoms with E-state index in [4.69, 9.17) is 9.47 Å². The molecule has 2 heterocycles. The fourth-order valence-electron chi connectivity index (χ4n) is 3.59. The summed E-state index contributed by atoms with van der Waals surface area (Å²) in [5.41, 5.74) is 1.65. The van der Waals surface area contributed by atoms with Crippen molar-refractivity contribution in [3.63, 3.8) is 0 Å². The fraction of sp³-hybridized carbons (Fsp3) is 0.348. The van der Waals surface area contributed by atoms with E-state index in [1.54, 1.807) is 23.8 Å². The highest BCUT2D eigenvalue weighted by Gasteiger charge is 2.22. The second-order valence-electron chi connectivity index (χ2n) is 7.40. The number of hydrogen-bond acceptors (Lipinski definition) is 7. The second kappa shape index (κ2) is 11.2. The van der Waals surface area contributed by atoms with Crippen molar-refractivity contribution in [1.82, 2.24) is 20.1 Å². The molecule has 1 amide bonds. The van der Waals surface area contributed by atoms with Crippen molar-refractivity contribution in [3.8, 4) is 11.4 Å². The highest BCUT2D eigenvalue weighted by molar-refractivity contribution is 7.99. The minimum atomic E-state index is -0.348. The molecule has 0 saturated carbocycles. The Hall–Kier alpha value is -3.11. The lowest BCUT2D eigenvalue weighted by Crippen LogP contribution is -2.37. The van der Waals surface area contributed by atoms with Crippen LogP contribution >= 0.6 is 11.8 Å². The molecule has 8 nitrogen and oxygen atoms in total. The van der Waals surface area contributed by atoms with Crippen LogP contribution in [0.15, 0.2) is 53.7 Å². The van der Waals surface area contributed by atoms with E-state index >= 15 is 0 Å². The summed E-state index contributed by atoms with van der Waals surface area (Å²) in [5.74, 6) is 1.13. The third-order valence-electron chi connectivity index (χ3n) is 5.22. The van der Waals surface area contributed by atoms with Crippen LogP contribution in [0.4, 0.5) is 10.3 Å². The van der Waals surface area contributed by atoms with Crippen LogP contribution < -0.4 is 15.0 Å². The van der Waals surface area contributed by atoms with Crippen molar-refractivity contribution in [2.45, 2.75) is 11.6 Å². The van der Waals surface area contributed by atoms with Crippen LogP contribution in [0.25, 0.3) is 5.69 Å². The molecule has 0 spiro atoms. The standard InChI is InChI=1S/C23H26FN5O3S/c1-31-20-8-3-2-5-17(20)9-10-25-21(30)16-33-23-27-26-22(28-11-13-32-14-12-28)29(23)19-7-4-6-18(24)15-19/h2-8,15H,9-14,16H2,1H3,(H,25,30). The summed E-state index contributed by atoms with van der Waals surface area (Å²) in [5, 5.41) is 12.1. The predicted octanol–water partition coefficient (Wildman–Crippen LogP) is 2.70. The van der Waals surface area contributed by atoms with Crippen molar-refractivity contribution < 1.29 is 18.7 Å². The molecule has 0 atom stereocenters. The number of nitrogens with one attached hydrogen (secondary N) is 1. The molecular formula is C23H26FN5O3S. The molecule has 4 rings (SSSR count). The summed E-state index contributed by atoms with van der Waals surface area (Å²) in [6, 6.07) is 14.0. The van der Waals surface area contributed by atoms with Gasteiger partial charge in [-0.1, -0.05) is 36.0 Å². The van der Waals surface area contributed by atoms with Gasteiger partial charge in [-0.05, 0) is 36.2 Å². The van der Waals surface area contributed by atoms with E-state index < -0.39 is 0 Å². The maximum atomic E-state index is 13.9. The van der Waals surface area contributed by atoms with E-state index in [1.165, 1.54) is 23.9 Å². The summed E-state index contributed by atoms with van der Waals surface area (Å²) in [6.07, 6.45) is 0.668. The number of nitrogens with zero attached hydrogens (tertiary/aromatic N) is 4. The van der Waals surface area contributed by atoms with Gasteiger partial charge < -0.3 is 19.7 Å². The average molecular weight is 472 g/mol. The first kappa shape index (κ1) is 23.1. The number of anilines is 1. The van der Waals surface area contributed by atoms with Gasteiger partial charge in [0.15, 0.2) is 5.16 Å². The topological polar surface area (TPSA) is 81.5 Å². The number of ether oxygens (including phenoxy) is 2. The molecule has 0 aliphatic carbocycles. The van der Waals surface area contributed by atoms with Crippen LogP contribution in [-0.4, -0.2) is 66.4 Å². The van der Waals surface area contributed by atoms with Gasteiger partial charge in [-0.15, -0.1) is 10.2 Å². The molecule has 33 heavy (non-hydrogen) atoms. The fourth-order valence-corrected chi connectivity index (χ4v) is 4.37. The number of methoxy groups -OCH3 is 1. The van der Waals surface area contributed by atoms with Gasteiger partial charge in [-0.2, -0.15) is 0 Å². The molecule has 174 valence electrons. The van der Waals surface area contributed by atoms with Crippen LogP contribution in [0.2, 0.25) is 0 Å². The Bertz CT molecular complexity index is 1090. The van der Waals surface area contributed by atoms with Crippen molar-refractivity contribution in [2.24, 2.45) is 0 Å². The monoisotopic (exact) mass is 471 g/mol. The van der Waals surface area contributed by atoms with Gasteiger partial charge in [-0.3, -0.25) is 9.36 Å². The van der Waals surface area contributed by atoms with Crippen LogP contribution in [0, 0.1) is 5.82 Å². The van der Waals surface area contributed by atoms with Crippen LogP contribution in [0.1, 0.15) is 5.56 Å². The van der Waals surface area contributed by atoms with E-state index in [0.717, 1.165) is 11.3 Å². The predicted molar refractivity (Wildman–Crippen MR) is 125 cm³/mol. The maximum absolute atomic E-state index is 13.9. The molecule has 1 fully saturated rings. The smallest absolute Gasteiger partial charge is 0.232 e. The van der Waals surface area contributed by atoms with E-state index in [1.807, 2.05) is 24.3 Å². The highest BCUT2D eigenvalue weighted by Crippen LogP contribution is 2.27. The molecule has 1 aliphatic rings. The number of halogens is 1. The summed E-state index contributed by atoms with van der Waals surface area (Å²) >= 11 is 1.27. The molecule has 0 radical (unpaired) electrons. The first-order valence-corrected chi connectivity index (χ1v) is 11.7. The maximum Gasteiger partial charge on any atom is 0.232 e. The van der Waals surface area contributed by atoms with Gasteiger partial charge in [0.05, 0.1) is 31.8 Å². The van der Waals surface area contributed by atoms with Gasteiger partial charge in [-0.25, -0.2) is 4.39 Å². The SMILES string of the molecule is COc1ccccc1CCNC(=O)CSc1nnc(N2CCOCC2)n1-c1cccc(F)c1. The molecule has 1 N–H and O–H groups in total. The zero-order valence-corrected chi connectivity index (χ0v) is 19.2. The second-order valence-corrected chi connectivity index (χ2v) is 8.34. The Morgan fingerprint density at radius 3 is 2.79 bits per heavy atom. The molecule has 1 aromatic heterocycles. The summed E-state index contributed by atoms with van der Waals surface area (Å²) in [6.45, 7) is 3.01. The largest absolute Gasteiger partial charge is 0.496 e. The van der Waals surface area contributed by atoms with Crippen molar-refractivity contribution in [1.29, 1.82) is 0 Å². The Balaban J connectivity index is 1.42. The zero-order chi connectivity index (χ0) is 23.0. The third kappa shape index (κ3) is 5.82. The van der Waals surface area contributed by atoms with Gasteiger partial charge in [0.1, 0.15) is 11.6 Å². The van der Waals surface area contributed by atoms with Crippen molar-refractivity contribution >= 4 is 23.6 Å². The minimum absolute atomic E-state index is 0.114. The van der Waals surface area contributed by atoms with Crippen LogP contribution in [0.3, 0.4) is 0 Å². The van der Waals surface area contributed by atoms with Crippen LogP contribution in [-0.2, 0) is 16.0 Å². The van der Waals surface area contributed by atoms with E-state index in [2.05, 4.69) is 20.4 Å². The van der Waals surface area contributed by atoms with Gasteiger partial charge in [0.25, 0.3) is 0 Å². The number of para-hydroxylation sites is 1. The van der Waals surface area contributed by atoms with Gasteiger partial charge in [0.2, 0.25) is 11.9 Å². The summed E-state index contributed by atoms with van der Waals surface area (Å²) in [4.78, 5) is 14.5. The number of aromatic nitrogens is 3. The number of rotatable bonds is 9. The molecule has 3 aromatic rings. The Kier molecular flexibility index (Phi) is 7.79. The normalized spacial score (nSPS) is 13.7. The Morgan fingerprint density at radius 2 is 2.00 bits per heavy atom. The lowest BCUT2D eigenvalue weighted by molar-refractivity contribution is -0.118. The summed E-state index contributed by atoms with van der Waals surface area (Å²) < 4.78 is 26.5. The number of thioether (sulfide) groups is 1. The van der Waals surface area contributed by atoms with E-state index in [9.17, 15) is 9.18 Å². The third-order valence-corrected chi connectivity index (χ3v) is 6.15. The quantitative estimate of drug-likeness (QED) is 0.481. The average Bonchev–Trinajstić information content (AvgIpc) is 3.27. The van der Waals surface area contributed by atoms with E-state index in [-0.39, 0.29) is 17.5 Å². The minimum Gasteiger partial charge on any atom is -0.496 e. The number of carbonyl (C=O) groups is 1. The van der Waals surface area contributed by atoms with Gasteiger partial charge >= 0.3 is 0 Å². The zero-order valence-electron chi connectivity index (χ0n) is 18.4. The van der Waals surface area contributed by atoms with Crippen molar-refractivity contribution in [2.75, 3.05) is 50.6 Å². The molecular weight excluding hydrogens is 445 g/mol. The number of morpholine rings is 1. The van der Waals surface area contributed by atoms with E-state index in [0.29, 0.717) is 56.1 Å². The molecule has 0 unspecified atom stereocenters. The molecule has 1 aliphatic heterocycles. The first-order valence-electron chi connectivity index (χ1n) is 10.7.